The summed E-state index contributed by atoms with van der Waals surface area (Å²) in [6.07, 6.45) is 3.41. The number of hydrogen-bond donors (Lipinski definition) is 0. The highest BCUT2D eigenvalue weighted by atomic mass is 79.9. The Morgan fingerprint density at radius 1 is 1.39 bits per heavy atom. The number of allylic oxidation sites excluding steroid dienone is 1. The number of carbonyl (C=O) groups excluding carboxylic acids is 1. The fourth-order valence-corrected chi connectivity index (χ4v) is 2.62. The molecule has 0 atom stereocenters. The third kappa shape index (κ3) is 3.09. The maximum absolute atomic E-state index is 11.9. The summed E-state index contributed by atoms with van der Waals surface area (Å²) in [7, 11) is 1.60. The maximum Gasteiger partial charge on any atom is 0.185 e. The van der Waals surface area contributed by atoms with Gasteiger partial charge in [0.25, 0.3) is 0 Å². The fourth-order valence-electron chi connectivity index (χ4n) is 1.46. The third-order valence-electron chi connectivity index (χ3n) is 2.38. The molecular weight excluding hydrogens is 312 g/mol. The van der Waals surface area contributed by atoms with Gasteiger partial charge in [0.15, 0.2) is 5.78 Å². The molecule has 0 radical (unpaired) electrons. The molecule has 0 saturated carbocycles. The van der Waals surface area contributed by atoms with Crippen molar-refractivity contribution in [1.29, 1.82) is 0 Å². The number of halogens is 1. The van der Waals surface area contributed by atoms with E-state index in [0.29, 0.717) is 11.3 Å². The monoisotopic (exact) mass is 322 g/mol. The quantitative estimate of drug-likeness (QED) is 0.615. The Bertz CT molecular complexity index is 573. The zero-order valence-corrected chi connectivity index (χ0v) is 12.1. The lowest BCUT2D eigenvalue weighted by Gasteiger charge is -2.03. The van der Waals surface area contributed by atoms with Gasteiger partial charge in [0, 0.05) is 10.4 Å². The van der Waals surface area contributed by atoms with Crippen molar-refractivity contribution in [3.63, 3.8) is 0 Å². The molecule has 1 aromatic heterocycles. The van der Waals surface area contributed by atoms with Gasteiger partial charge in [-0.2, -0.15) is 0 Å². The Labute approximate surface area is 118 Å². The number of methoxy groups -OCH3 is 1. The van der Waals surface area contributed by atoms with E-state index in [0.717, 1.165) is 9.35 Å². The number of rotatable bonds is 4. The first kappa shape index (κ1) is 13.1. The molecule has 4 heteroatoms. The van der Waals surface area contributed by atoms with Gasteiger partial charge in [-0.1, -0.05) is 6.07 Å². The van der Waals surface area contributed by atoms with Crippen molar-refractivity contribution in [1.82, 2.24) is 0 Å². The van der Waals surface area contributed by atoms with Crippen LogP contribution in [0.15, 0.2) is 46.3 Å². The summed E-state index contributed by atoms with van der Waals surface area (Å²) >= 11 is 4.97. The van der Waals surface area contributed by atoms with Crippen LogP contribution in [-0.4, -0.2) is 12.9 Å². The predicted molar refractivity (Wildman–Crippen MR) is 78.4 cm³/mol. The van der Waals surface area contributed by atoms with Gasteiger partial charge < -0.3 is 4.74 Å². The van der Waals surface area contributed by atoms with Crippen LogP contribution in [0, 0.1) is 0 Å². The number of ether oxygens (including phenoxy) is 1. The summed E-state index contributed by atoms with van der Waals surface area (Å²) in [4.78, 5) is 13.0. The van der Waals surface area contributed by atoms with E-state index >= 15 is 0 Å². The number of benzene rings is 1. The van der Waals surface area contributed by atoms with E-state index in [4.69, 9.17) is 4.74 Å². The van der Waals surface area contributed by atoms with Gasteiger partial charge in [0.05, 0.1) is 11.6 Å². The molecule has 2 nitrogen and oxygen atoms in total. The van der Waals surface area contributed by atoms with Gasteiger partial charge in [-0.15, -0.1) is 11.3 Å². The third-order valence-corrected chi connectivity index (χ3v) is 3.84. The SMILES string of the molecule is COc1ccc(C(=O)C=Cc2cccs2)cc1Br. The average Bonchev–Trinajstić information content (AvgIpc) is 2.89. The van der Waals surface area contributed by atoms with Gasteiger partial charge >= 0.3 is 0 Å². The first-order valence-electron chi connectivity index (χ1n) is 5.30. The Morgan fingerprint density at radius 3 is 2.83 bits per heavy atom. The summed E-state index contributed by atoms with van der Waals surface area (Å²) in [6, 6.07) is 9.22. The van der Waals surface area contributed by atoms with Gasteiger partial charge in [0.2, 0.25) is 0 Å². The average molecular weight is 323 g/mol. The smallest absolute Gasteiger partial charge is 0.185 e. The van der Waals surface area contributed by atoms with Gasteiger partial charge in [-0.3, -0.25) is 4.79 Å². The molecule has 0 aliphatic rings. The second-order valence-electron chi connectivity index (χ2n) is 3.56. The normalized spacial score (nSPS) is 10.8. The second-order valence-corrected chi connectivity index (χ2v) is 5.40. The van der Waals surface area contributed by atoms with Crippen LogP contribution in [0.25, 0.3) is 6.08 Å². The van der Waals surface area contributed by atoms with E-state index in [1.54, 1.807) is 42.7 Å². The lowest BCUT2D eigenvalue weighted by molar-refractivity contribution is 0.104. The molecule has 0 fully saturated rings. The van der Waals surface area contributed by atoms with Gasteiger partial charge in [-0.25, -0.2) is 0 Å². The molecule has 1 heterocycles. The Kier molecular flexibility index (Phi) is 4.33. The first-order chi connectivity index (χ1) is 8.70. The number of carbonyl (C=O) groups is 1. The molecule has 0 spiro atoms. The molecular formula is C14H11BrO2S. The van der Waals surface area contributed by atoms with Gasteiger partial charge in [0.1, 0.15) is 5.75 Å². The predicted octanol–water partition coefficient (Wildman–Crippen LogP) is 4.42. The molecule has 0 amide bonds. The molecule has 2 aromatic rings. The first-order valence-corrected chi connectivity index (χ1v) is 6.97. The lowest BCUT2D eigenvalue weighted by Crippen LogP contribution is -1.95. The number of ketones is 1. The molecule has 92 valence electrons. The van der Waals surface area contributed by atoms with Crippen LogP contribution >= 0.6 is 27.3 Å². The minimum Gasteiger partial charge on any atom is -0.496 e. The fraction of sp³-hybridized carbons (Fsp3) is 0.0714. The zero-order chi connectivity index (χ0) is 13.0. The molecule has 18 heavy (non-hydrogen) atoms. The number of thiophene rings is 1. The van der Waals surface area contributed by atoms with Crippen LogP contribution < -0.4 is 4.74 Å². The van der Waals surface area contributed by atoms with Crippen LogP contribution in [0.5, 0.6) is 5.75 Å². The van der Waals surface area contributed by atoms with E-state index in [1.807, 2.05) is 23.6 Å². The summed E-state index contributed by atoms with van der Waals surface area (Å²) in [5, 5.41) is 1.98. The van der Waals surface area contributed by atoms with Crippen molar-refractivity contribution >= 4 is 39.1 Å². The highest BCUT2D eigenvalue weighted by molar-refractivity contribution is 9.10. The van der Waals surface area contributed by atoms with Crippen molar-refractivity contribution in [2.45, 2.75) is 0 Å². The molecule has 0 saturated heterocycles. The highest BCUT2D eigenvalue weighted by Gasteiger charge is 2.06. The molecule has 0 aliphatic heterocycles. The van der Waals surface area contributed by atoms with E-state index in [-0.39, 0.29) is 5.78 Å². The van der Waals surface area contributed by atoms with Crippen molar-refractivity contribution in [2.75, 3.05) is 7.11 Å². The summed E-state index contributed by atoms with van der Waals surface area (Å²) < 4.78 is 5.90. The summed E-state index contributed by atoms with van der Waals surface area (Å²) in [6.45, 7) is 0. The zero-order valence-electron chi connectivity index (χ0n) is 9.72. The lowest BCUT2D eigenvalue weighted by atomic mass is 10.1. The number of hydrogen-bond acceptors (Lipinski definition) is 3. The second kappa shape index (κ2) is 5.98. The summed E-state index contributed by atoms with van der Waals surface area (Å²) in [5.41, 5.74) is 0.635. The highest BCUT2D eigenvalue weighted by Crippen LogP contribution is 2.25. The maximum atomic E-state index is 11.9. The largest absolute Gasteiger partial charge is 0.496 e. The van der Waals surface area contributed by atoms with Gasteiger partial charge in [-0.05, 0) is 57.7 Å². The van der Waals surface area contributed by atoms with E-state index in [9.17, 15) is 4.79 Å². The van der Waals surface area contributed by atoms with E-state index in [2.05, 4.69) is 15.9 Å². The molecule has 0 aliphatic carbocycles. The topological polar surface area (TPSA) is 26.3 Å². The van der Waals surface area contributed by atoms with Crippen LogP contribution in [0.2, 0.25) is 0 Å². The van der Waals surface area contributed by atoms with Crippen LogP contribution in [0.1, 0.15) is 15.2 Å². The van der Waals surface area contributed by atoms with Crippen molar-refractivity contribution in [3.05, 3.63) is 56.7 Å². The van der Waals surface area contributed by atoms with E-state index < -0.39 is 0 Å². The molecule has 1 aromatic carbocycles. The Morgan fingerprint density at radius 2 is 2.22 bits per heavy atom. The van der Waals surface area contributed by atoms with E-state index in [1.165, 1.54) is 0 Å². The molecule has 0 unspecified atom stereocenters. The Hall–Kier alpha value is -1.39. The molecule has 0 bridgehead atoms. The van der Waals surface area contributed by atoms with Crippen molar-refractivity contribution in [3.8, 4) is 5.75 Å². The minimum atomic E-state index is -0.0215. The molecule has 2 rings (SSSR count). The van der Waals surface area contributed by atoms with Crippen LogP contribution in [-0.2, 0) is 0 Å². The molecule has 0 N–H and O–H groups in total. The van der Waals surface area contributed by atoms with Crippen molar-refractivity contribution in [2.24, 2.45) is 0 Å². The van der Waals surface area contributed by atoms with Crippen LogP contribution in [0.3, 0.4) is 0 Å². The van der Waals surface area contributed by atoms with Crippen molar-refractivity contribution < 1.29 is 9.53 Å². The van der Waals surface area contributed by atoms with Crippen LogP contribution in [0.4, 0.5) is 0 Å². The Balaban J connectivity index is 2.16. The standard InChI is InChI=1S/C14H11BrO2S/c1-17-14-7-4-10(9-12(14)15)13(16)6-5-11-3-2-8-18-11/h2-9H,1H3. The summed E-state index contributed by atoms with van der Waals surface area (Å²) in [5.74, 6) is 0.695. The minimum absolute atomic E-state index is 0.0215.